The molecule has 6 nitrogen and oxygen atoms in total. The van der Waals surface area contributed by atoms with Crippen LogP contribution < -0.4 is 5.32 Å². The molecule has 0 atom stereocenters. The first-order chi connectivity index (χ1) is 11.7. The van der Waals surface area contributed by atoms with Crippen LogP contribution in [0.15, 0.2) is 0 Å². The zero-order valence-corrected chi connectivity index (χ0v) is 15.1. The minimum absolute atomic E-state index is 0.0945. The second-order valence-electron chi connectivity index (χ2n) is 6.98. The maximum Gasteiger partial charge on any atom is 0.236 e. The molecule has 1 N–H and O–H groups in total. The Bertz CT molecular complexity index is 387. The fraction of sp³-hybridized carbons (Fsp3) is 0.889. The minimum Gasteiger partial charge on any atom is -0.385 e. The monoisotopic (exact) mass is 339 g/mol. The Morgan fingerprint density at radius 3 is 2.33 bits per heavy atom. The standard InChI is InChI=1S/C18H33N3O3/c1-24-14-6-9-19-18(23)16-7-12-20(13-8-16)15-17(22)21-10-4-2-3-5-11-21/h16H,2-15H2,1H3,(H,19,23). The summed E-state index contributed by atoms with van der Waals surface area (Å²) in [6, 6.07) is 0. The van der Waals surface area contributed by atoms with E-state index >= 15 is 0 Å². The van der Waals surface area contributed by atoms with Crippen LogP contribution in [-0.2, 0) is 14.3 Å². The molecule has 2 fully saturated rings. The van der Waals surface area contributed by atoms with Crippen LogP contribution in [0.1, 0.15) is 44.9 Å². The summed E-state index contributed by atoms with van der Waals surface area (Å²) in [5.74, 6) is 0.515. The van der Waals surface area contributed by atoms with E-state index in [4.69, 9.17) is 4.74 Å². The average molecular weight is 339 g/mol. The molecular formula is C18H33N3O3. The number of amides is 2. The van der Waals surface area contributed by atoms with Crippen molar-refractivity contribution in [3.05, 3.63) is 0 Å². The van der Waals surface area contributed by atoms with Crippen molar-refractivity contribution in [2.24, 2.45) is 5.92 Å². The van der Waals surface area contributed by atoms with Gasteiger partial charge in [0.1, 0.15) is 0 Å². The molecule has 2 aliphatic rings. The van der Waals surface area contributed by atoms with Crippen molar-refractivity contribution < 1.29 is 14.3 Å². The first-order valence-corrected chi connectivity index (χ1v) is 9.47. The molecule has 0 aromatic carbocycles. The third-order valence-corrected chi connectivity index (χ3v) is 5.10. The zero-order chi connectivity index (χ0) is 17.2. The van der Waals surface area contributed by atoms with E-state index in [0.717, 1.165) is 58.3 Å². The van der Waals surface area contributed by atoms with Crippen molar-refractivity contribution in [1.29, 1.82) is 0 Å². The topological polar surface area (TPSA) is 61.9 Å². The Morgan fingerprint density at radius 1 is 1.04 bits per heavy atom. The number of ether oxygens (including phenoxy) is 1. The molecule has 0 spiro atoms. The summed E-state index contributed by atoms with van der Waals surface area (Å²) in [6.45, 7) is 5.39. The molecule has 2 heterocycles. The van der Waals surface area contributed by atoms with Crippen LogP contribution in [0.3, 0.4) is 0 Å². The van der Waals surface area contributed by atoms with Gasteiger partial charge in [-0.15, -0.1) is 0 Å². The SMILES string of the molecule is COCCCNC(=O)C1CCN(CC(=O)N2CCCCCC2)CC1. The number of methoxy groups -OCH3 is 1. The lowest BCUT2D eigenvalue weighted by Crippen LogP contribution is -2.46. The molecule has 6 heteroatoms. The van der Waals surface area contributed by atoms with Crippen molar-refractivity contribution in [1.82, 2.24) is 15.1 Å². The molecule has 2 amide bonds. The molecule has 0 bridgehead atoms. The zero-order valence-electron chi connectivity index (χ0n) is 15.1. The van der Waals surface area contributed by atoms with Gasteiger partial charge in [-0.25, -0.2) is 0 Å². The number of carbonyl (C=O) groups is 2. The Kier molecular flexibility index (Phi) is 8.53. The lowest BCUT2D eigenvalue weighted by atomic mass is 9.96. The molecule has 0 aromatic rings. The third kappa shape index (κ3) is 6.40. The highest BCUT2D eigenvalue weighted by molar-refractivity contribution is 5.79. The van der Waals surface area contributed by atoms with Crippen LogP contribution in [0, 0.1) is 5.92 Å². The second kappa shape index (κ2) is 10.7. The van der Waals surface area contributed by atoms with Crippen molar-refractivity contribution >= 4 is 11.8 Å². The molecule has 0 radical (unpaired) electrons. The normalized spacial score (nSPS) is 20.6. The number of carbonyl (C=O) groups excluding carboxylic acids is 2. The number of rotatable bonds is 7. The lowest BCUT2D eigenvalue weighted by Gasteiger charge is -2.32. The highest BCUT2D eigenvalue weighted by atomic mass is 16.5. The molecule has 0 unspecified atom stereocenters. The predicted molar refractivity (Wildman–Crippen MR) is 93.7 cm³/mol. The van der Waals surface area contributed by atoms with Crippen molar-refractivity contribution in [2.75, 3.05) is 53.0 Å². The number of nitrogens with one attached hydrogen (secondary N) is 1. The first kappa shape index (κ1) is 19.2. The quantitative estimate of drug-likeness (QED) is 0.709. The van der Waals surface area contributed by atoms with Gasteiger partial charge in [-0.3, -0.25) is 14.5 Å². The van der Waals surface area contributed by atoms with Gasteiger partial charge in [0.05, 0.1) is 6.54 Å². The van der Waals surface area contributed by atoms with E-state index in [9.17, 15) is 9.59 Å². The highest BCUT2D eigenvalue weighted by Gasteiger charge is 2.26. The molecule has 138 valence electrons. The van der Waals surface area contributed by atoms with E-state index in [0.29, 0.717) is 19.7 Å². The summed E-state index contributed by atoms with van der Waals surface area (Å²) in [5.41, 5.74) is 0. The largest absolute Gasteiger partial charge is 0.385 e. The van der Waals surface area contributed by atoms with Gasteiger partial charge in [0.15, 0.2) is 0 Å². The summed E-state index contributed by atoms with van der Waals surface area (Å²) in [7, 11) is 1.67. The Labute approximate surface area is 145 Å². The van der Waals surface area contributed by atoms with Crippen LogP contribution in [0.2, 0.25) is 0 Å². The van der Waals surface area contributed by atoms with Gasteiger partial charge >= 0.3 is 0 Å². The molecule has 2 aliphatic heterocycles. The molecule has 0 saturated carbocycles. The van der Waals surface area contributed by atoms with Crippen LogP contribution in [0.4, 0.5) is 0 Å². The number of piperidine rings is 1. The number of hydrogen-bond acceptors (Lipinski definition) is 4. The van der Waals surface area contributed by atoms with Gasteiger partial charge in [-0.1, -0.05) is 12.8 Å². The Balaban J connectivity index is 1.64. The summed E-state index contributed by atoms with van der Waals surface area (Å²) < 4.78 is 4.98. The van der Waals surface area contributed by atoms with Gasteiger partial charge in [-0.2, -0.15) is 0 Å². The van der Waals surface area contributed by atoms with Gasteiger partial charge < -0.3 is 15.0 Å². The second-order valence-corrected chi connectivity index (χ2v) is 6.98. The average Bonchev–Trinajstić information content (AvgIpc) is 2.88. The van der Waals surface area contributed by atoms with E-state index in [1.54, 1.807) is 7.11 Å². The third-order valence-electron chi connectivity index (χ3n) is 5.10. The van der Waals surface area contributed by atoms with Gasteiger partial charge in [0.2, 0.25) is 11.8 Å². The number of likely N-dealkylation sites (tertiary alicyclic amines) is 2. The van der Waals surface area contributed by atoms with E-state index in [1.807, 2.05) is 4.90 Å². The summed E-state index contributed by atoms with van der Waals surface area (Å²) in [6.07, 6.45) is 7.32. The summed E-state index contributed by atoms with van der Waals surface area (Å²) in [5, 5.41) is 2.99. The van der Waals surface area contributed by atoms with Crippen LogP contribution >= 0.6 is 0 Å². The molecule has 24 heavy (non-hydrogen) atoms. The van der Waals surface area contributed by atoms with E-state index < -0.39 is 0 Å². The van der Waals surface area contributed by atoms with Gasteiger partial charge in [0.25, 0.3) is 0 Å². The van der Waals surface area contributed by atoms with Crippen molar-refractivity contribution in [3.8, 4) is 0 Å². The van der Waals surface area contributed by atoms with Crippen molar-refractivity contribution in [3.63, 3.8) is 0 Å². The van der Waals surface area contributed by atoms with E-state index in [2.05, 4.69) is 10.2 Å². The molecule has 2 saturated heterocycles. The van der Waals surface area contributed by atoms with Gasteiger partial charge in [-0.05, 0) is 45.2 Å². The van der Waals surface area contributed by atoms with Crippen LogP contribution in [-0.4, -0.2) is 74.6 Å². The number of nitrogens with zero attached hydrogens (tertiary/aromatic N) is 2. The molecular weight excluding hydrogens is 306 g/mol. The fourth-order valence-corrected chi connectivity index (χ4v) is 3.54. The molecule has 0 aromatic heterocycles. The summed E-state index contributed by atoms with van der Waals surface area (Å²) >= 11 is 0. The molecule has 0 aliphatic carbocycles. The Hall–Kier alpha value is -1.14. The van der Waals surface area contributed by atoms with E-state index in [-0.39, 0.29) is 17.7 Å². The number of hydrogen-bond donors (Lipinski definition) is 1. The lowest BCUT2D eigenvalue weighted by molar-refractivity contribution is -0.133. The van der Waals surface area contributed by atoms with Crippen LogP contribution in [0.25, 0.3) is 0 Å². The minimum atomic E-state index is 0.0945. The fourth-order valence-electron chi connectivity index (χ4n) is 3.54. The van der Waals surface area contributed by atoms with Crippen LogP contribution in [0.5, 0.6) is 0 Å². The maximum absolute atomic E-state index is 12.4. The van der Waals surface area contributed by atoms with E-state index in [1.165, 1.54) is 12.8 Å². The van der Waals surface area contributed by atoms with Crippen molar-refractivity contribution in [2.45, 2.75) is 44.9 Å². The molecule has 2 rings (SSSR count). The predicted octanol–water partition coefficient (Wildman–Crippen LogP) is 1.25. The highest BCUT2D eigenvalue weighted by Crippen LogP contribution is 2.18. The summed E-state index contributed by atoms with van der Waals surface area (Å²) in [4.78, 5) is 28.8. The Morgan fingerprint density at radius 2 is 1.71 bits per heavy atom. The smallest absolute Gasteiger partial charge is 0.236 e. The van der Waals surface area contributed by atoms with Gasteiger partial charge in [0, 0.05) is 39.3 Å². The first-order valence-electron chi connectivity index (χ1n) is 9.47. The maximum atomic E-state index is 12.4.